The largest absolute Gasteiger partial charge is 0.309 e. The Morgan fingerprint density at radius 3 is 2.80 bits per heavy atom. The van der Waals surface area contributed by atoms with Crippen LogP contribution in [0.4, 0.5) is 0 Å². The lowest BCUT2D eigenvalue weighted by molar-refractivity contribution is 0.714. The molecule has 0 spiro atoms. The highest BCUT2D eigenvalue weighted by Crippen LogP contribution is 2.26. The molecule has 4 aromatic heterocycles. The van der Waals surface area contributed by atoms with Gasteiger partial charge in [-0.15, -0.1) is 21.5 Å². The summed E-state index contributed by atoms with van der Waals surface area (Å²) >= 11 is 2.89. The zero-order chi connectivity index (χ0) is 20.3. The maximum atomic E-state index is 12.2. The van der Waals surface area contributed by atoms with Crippen molar-refractivity contribution in [1.29, 1.82) is 0 Å². The Hall–Kier alpha value is -3.30. The molecule has 4 heterocycles. The maximum Gasteiger partial charge on any atom is 0.268 e. The van der Waals surface area contributed by atoms with Gasteiger partial charge in [0.25, 0.3) is 5.56 Å². The Labute approximate surface area is 179 Å². The average molecular weight is 433 g/mol. The summed E-state index contributed by atoms with van der Waals surface area (Å²) in [6.07, 6.45) is 3.52. The number of aromatic amines is 1. The lowest BCUT2D eigenvalue weighted by Crippen LogP contribution is -2.10. The molecule has 5 aromatic rings. The van der Waals surface area contributed by atoms with Crippen LogP contribution < -0.4 is 5.56 Å². The molecule has 0 saturated carbocycles. The van der Waals surface area contributed by atoms with Gasteiger partial charge in [0.2, 0.25) is 0 Å². The Kier molecular flexibility index (Phi) is 5.12. The van der Waals surface area contributed by atoms with Crippen molar-refractivity contribution in [3.8, 4) is 11.4 Å². The van der Waals surface area contributed by atoms with Crippen LogP contribution in [0.15, 0.2) is 76.3 Å². The topological polar surface area (TPSA) is 89.4 Å². The summed E-state index contributed by atoms with van der Waals surface area (Å²) in [6.45, 7) is 0.633. The Bertz CT molecular complexity index is 1340. The van der Waals surface area contributed by atoms with E-state index in [2.05, 4.69) is 41.8 Å². The highest BCUT2D eigenvalue weighted by Gasteiger charge is 2.16. The normalized spacial score (nSPS) is 11.2. The summed E-state index contributed by atoms with van der Waals surface area (Å²) in [5.41, 5.74) is 2.67. The van der Waals surface area contributed by atoms with E-state index in [1.165, 1.54) is 23.1 Å². The van der Waals surface area contributed by atoms with Crippen LogP contribution in [0, 0.1) is 0 Å². The van der Waals surface area contributed by atoms with Crippen molar-refractivity contribution >= 4 is 33.3 Å². The molecule has 0 aliphatic rings. The lowest BCUT2D eigenvalue weighted by Gasteiger charge is -2.10. The van der Waals surface area contributed by atoms with Gasteiger partial charge in [-0.2, -0.15) is 0 Å². The molecule has 148 valence electrons. The second-order valence-electron chi connectivity index (χ2n) is 6.56. The van der Waals surface area contributed by atoms with E-state index in [-0.39, 0.29) is 5.56 Å². The summed E-state index contributed by atoms with van der Waals surface area (Å²) in [5, 5.41) is 11.5. The monoisotopic (exact) mass is 432 g/mol. The molecule has 30 heavy (non-hydrogen) atoms. The van der Waals surface area contributed by atoms with Crippen LogP contribution >= 0.6 is 23.1 Å². The van der Waals surface area contributed by atoms with Crippen LogP contribution in [0.5, 0.6) is 0 Å². The first-order chi connectivity index (χ1) is 14.8. The second kappa shape index (κ2) is 8.21. The number of hydrogen-bond acceptors (Lipinski definition) is 7. The number of pyridine rings is 1. The molecule has 0 aliphatic heterocycles. The van der Waals surface area contributed by atoms with Crippen LogP contribution in [0.3, 0.4) is 0 Å². The molecule has 0 fully saturated rings. The predicted molar refractivity (Wildman–Crippen MR) is 119 cm³/mol. The van der Waals surface area contributed by atoms with Gasteiger partial charge in [-0.3, -0.25) is 14.3 Å². The van der Waals surface area contributed by atoms with Crippen molar-refractivity contribution in [2.24, 2.45) is 0 Å². The summed E-state index contributed by atoms with van der Waals surface area (Å²) in [5.74, 6) is 1.86. The minimum absolute atomic E-state index is 0.104. The van der Waals surface area contributed by atoms with E-state index in [9.17, 15) is 4.79 Å². The van der Waals surface area contributed by atoms with Gasteiger partial charge >= 0.3 is 0 Å². The van der Waals surface area contributed by atoms with Crippen molar-refractivity contribution in [2.45, 2.75) is 17.5 Å². The van der Waals surface area contributed by atoms with E-state index in [0.29, 0.717) is 22.8 Å². The van der Waals surface area contributed by atoms with Gasteiger partial charge in [-0.05, 0) is 29.1 Å². The van der Waals surface area contributed by atoms with E-state index < -0.39 is 0 Å². The van der Waals surface area contributed by atoms with E-state index in [0.717, 1.165) is 27.6 Å². The van der Waals surface area contributed by atoms with Gasteiger partial charge < -0.3 is 4.98 Å². The van der Waals surface area contributed by atoms with Gasteiger partial charge in [0.15, 0.2) is 11.0 Å². The van der Waals surface area contributed by atoms with Crippen molar-refractivity contribution < 1.29 is 0 Å². The van der Waals surface area contributed by atoms with Gasteiger partial charge in [0, 0.05) is 18.0 Å². The van der Waals surface area contributed by atoms with Crippen molar-refractivity contribution in [2.75, 3.05) is 0 Å². The number of thiophene rings is 1. The quantitative estimate of drug-likeness (QED) is 0.408. The third kappa shape index (κ3) is 3.77. The molecule has 1 N–H and O–H groups in total. The first-order valence-electron chi connectivity index (χ1n) is 9.24. The highest BCUT2D eigenvalue weighted by molar-refractivity contribution is 7.98. The fourth-order valence-corrected chi connectivity index (χ4v) is 4.67. The molecule has 0 amide bonds. The molecule has 7 nitrogen and oxygen atoms in total. The number of rotatable bonds is 6. The number of hydrogen-bond donors (Lipinski definition) is 1. The summed E-state index contributed by atoms with van der Waals surface area (Å²) in [4.78, 5) is 23.9. The number of nitrogens with one attached hydrogen (secondary N) is 1. The van der Waals surface area contributed by atoms with Crippen LogP contribution in [0.1, 0.15) is 11.4 Å². The first-order valence-corrected chi connectivity index (χ1v) is 11.1. The SMILES string of the molecule is O=c1[nH]c(CSc2nnc(-c3cccnc3)n2Cc2ccccc2)nc2ccsc12. The number of aromatic nitrogens is 6. The lowest BCUT2D eigenvalue weighted by atomic mass is 10.2. The minimum atomic E-state index is -0.104. The fraction of sp³-hybridized carbons (Fsp3) is 0.0952. The number of H-pyrrole nitrogens is 1. The first kappa shape index (κ1) is 18.7. The zero-order valence-electron chi connectivity index (χ0n) is 15.7. The van der Waals surface area contributed by atoms with Crippen LogP contribution in [0.25, 0.3) is 21.6 Å². The molecule has 0 unspecified atom stereocenters. The minimum Gasteiger partial charge on any atom is -0.309 e. The summed E-state index contributed by atoms with van der Waals surface area (Å²) in [7, 11) is 0. The molecular weight excluding hydrogens is 416 g/mol. The summed E-state index contributed by atoms with van der Waals surface area (Å²) < 4.78 is 2.72. The van der Waals surface area contributed by atoms with E-state index in [1.807, 2.05) is 41.8 Å². The van der Waals surface area contributed by atoms with Crippen molar-refractivity contribution in [3.63, 3.8) is 0 Å². The molecule has 0 atom stereocenters. The average Bonchev–Trinajstić information content (AvgIpc) is 3.41. The van der Waals surface area contributed by atoms with Gasteiger partial charge in [0.1, 0.15) is 10.5 Å². The summed E-state index contributed by atoms with van der Waals surface area (Å²) in [6, 6.07) is 15.9. The van der Waals surface area contributed by atoms with E-state index >= 15 is 0 Å². The maximum absolute atomic E-state index is 12.2. The van der Waals surface area contributed by atoms with Crippen molar-refractivity contribution in [3.05, 3.63) is 88.0 Å². The number of nitrogens with zero attached hydrogens (tertiary/aromatic N) is 5. The van der Waals surface area contributed by atoms with Crippen LogP contribution in [0.2, 0.25) is 0 Å². The number of thioether (sulfide) groups is 1. The predicted octanol–water partition coefficient (Wildman–Crippen LogP) is 3.98. The van der Waals surface area contributed by atoms with Crippen molar-refractivity contribution in [1.82, 2.24) is 29.7 Å². The second-order valence-corrected chi connectivity index (χ2v) is 8.41. The zero-order valence-corrected chi connectivity index (χ0v) is 17.4. The molecular formula is C21H16N6OS2. The van der Waals surface area contributed by atoms with Crippen LogP contribution in [-0.2, 0) is 12.3 Å². The van der Waals surface area contributed by atoms with E-state index in [1.54, 1.807) is 12.4 Å². The standard InChI is InChI=1S/C21H16N6OS2/c28-20-18-16(8-10-29-18)23-17(24-20)13-30-21-26-25-19(15-7-4-9-22-11-15)27(21)12-14-5-2-1-3-6-14/h1-11H,12-13H2,(H,23,24,28). The third-order valence-corrected chi connectivity index (χ3v) is 6.40. The van der Waals surface area contributed by atoms with Gasteiger partial charge in [0.05, 0.1) is 17.8 Å². The Balaban J connectivity index is 1.47. The molecule has 9 heteroatoms. The highest BCUT2D eigenvalue weighted by atomic mass is 32.2. The van der Waals surface area contributed by atoms with Gasteiger partial charge in [-0.1, -0.05) is 42.1 Å². The Morgan fingerprint density at radius 2 is 1.97 bits per heavy atom. The molecule has 0 aliphatic carbocycles. The van der Waals surface area contributed by atoms with Crippen LogP contribution in [-0.4, -0.2) is 29.7 Å². The van der Waals surface area contributed by atoms with E-state index in [4.69, 9.17) is 0 Å². The molecule has 0 bridgehead atoms. The molecule has 0 radical (unpaired) electrons. The third-order valence-electron chi connectivity index (χ3n) is 4.52. The number of benzene rings is 1. The number of fused-ring (bicyclic) bond motifs is 1. The fourth-order valence-electron chi connectivity index (χ4n) is 3.14. The van der Waals surface area contributed by atoms with Gasteiger partial charge in [-0.25, -0.2) is 4.98 Å². The molecule has 1 aromatic carbocycles. The Morgan fingerprint density at radius 1 is 1.07 bits per heavy atom. The molecule has 0 saturated heterocycles. The molecule has 5 rings (SSSR count). The smallest absolute Gasteiger partial charge is 0.268 e.